The number of nitrogens with zero attached hydrogens (tertiary/aromatic N) is 1. The lowest BCUT2D eigenvalue weighted by molar-refractivity contribution is -0.176. The van der Waals surface area contributed by atoms with E-state index in [1.54, 1.807) is 0 Å². The van der Waals surface area contributed by atoms with Gasteiger partial charge in [0.15, 0.2) is 0 Å². The minimum atomic E-state index is -0.553. The summed E-state index contributed by atoms with van der Waals surface area (Å²) in [5.41, 5.74) is -0.365. The van der Waals surface area contributed by atoms with E-state index in [0.717, 1.165) is 50.5 Å². The summed E-state index contributed by atoms with van der Waals surface area (Å²) in [6.07, 6.45) is 9.43. The molecule has 0 aromatic carbocycles. The summed E-state index contributed by atoms with van der Waals surface area (Å²) >= 11 is 0. The summed E-state index contributed by atoms with van der Waals surface area (Å²) < 4.78 is 0. The van der Waals surface area contributed by atoms with Crippen LogP contribution in [0.25, 0.3) is 0 Å². The van der Waals surface area contributed by atoms with Crippen LogP contribution < -0.4 is 0 Å². The molecule has 0 spiro atoms. The molecule has 0 aromatic heterocycles. The number of piperidine rings is 2. The summed E-state index contributed by atoms with van der Waals surface area (Å²) in [6, 6.07) is 0.355. The van der Waals surface area contributed by atoms with Crippen molar-refractivity contribution < 1.29 is 15.3 Å². The molecule has 4 saturated carbocycles. The Bertz CT molecular complexity index is 711. The Morgan fingerprint density at radius 2 is 1.55 bits per heavy atom. The molecule has 6 rings (SSSR count). The van der Waals surface area contributed by atoms with Crippen molar-refractivity contribution >= 4 is 0 Å². The molecule has 0 aromatic rings. The minimum Gasteiger partial charge on any atom is -0.393 e. The van der Waals surface area contributed by atoms with Gasteiger partial charge in [-0.05, 0) is 117 Å². The summed E-state index contributed by atoms with van der Waals surface area (Å²) in [7, 11) is 0. The molecule has 176 valence electrons. The fourth-order valence-corrected chi connectivity index (χ4v) is 10.6. The number of hydrogen-bond donors (Lipinski definition) is 3. The van der Waals surface area contributed by atoms with E-state index < -0.39 is 5.60 Å². The highest BCUT2D eigenvalue weighted by Crippen LogP contribution is 2.67. The molecule has 4 aliphatic carbocycles. The van der Waals surface area contributed by atoms with Crippen molar-refractivity contribution in [2.75, 3.05) is 13.1 Å². The van der Waals surface area contributed by atoms with Crippen molar-refractivity contribution in [3.8, 4) is 0 Å². The van der Waals surface area contributed by atoms with Gasteiger partial charge in [0.2, 0.25) is 0 Å². The summed E-state index contributed by atoms with van der Waals surface area (Å²) in [5.74, 6) is 4.89. The first kappa shape index (κ1) is 21.4. The second-order valence-corrected chi connectivity index (χ2v) is 13.4. The molecular formula is C27H45NO3. The average Bonchev–Trinajstić information content (AvgIpc) is 3.09. The van der Waals surface area contributed by atoms with Gasteiger partial charge in [-0.25, -0.2) is 0 Å². The Morgan fingerprint density at radius 3 is 2.35 bits per heavy atom. The Hall–Kier alpha value is -0.160. The largest absolute Gasteiger partial charge is 0.393 e. The van der Waals surface area contributed by atoms with Crippen LogP contribution >= 0.6 is 0 Å². The highest BCUT2D eigenvalue weighted by Gasteiger charge is 2.64. The lowest BCUT2D eigenvalue weighted by Crippen LogP contribution is -2.67. The number of hydrogen-bond acceptors (Lipinski definition) is 4. The molecular weight excluding hydrogens is 386 g/mol. The Kier molecular flexibility index (Phi) is 4.94. The molecule has 4 nitrogen and oxygen atoms in total. The zero-order valence-electron chi connectivity index (χ0n) is 19.9. The van der Waals surface area contributed by atoms with Gasteiger partial charge in [-0.15, -0.1) is 0 Å². The molecule has 0 radical (unpaired) electrons. The normalized spacial score (nSPS) is 61.5. The van der Waals surface area contributed by atoms with Gasteiger partial charge in [-0.1, -0.05) is 13.8 Å². The SMILES string of the molecule is C[C@@H]1CC[C@H]2N(C1)C[C@@H]1[C@H]3C[C@@H]4[C@H](C[C@@H](O)[C@@H]5C[C@H](O)CC[C@@]45C)[C@H]3CC[C@H]1[C@@]2(C)O. The number of fused-ring (bicyclic) bond motifs is 8. The van der Waals surface area contributed by atoms with Gasteiger partial charge in [0, 0.05) is 19.1 Å². The monoisotopic (exact) mass is 431 g/mol. The van der Waals surface area contributed by atoms with Crippen molar-refractivity contribution in [2.45, 2.75) is 102 Å². The molecule has 6 aliphatic rings. The lowest BCUT2D eigenvalue weighted by Gasteiger charge is -2.60. The third kappa shape index (κ3) is 3.00. The van der Waals surface area contributed by atoms with Crippen LogP contribution in [-0.4, -0.2) is 57.2 Å². The van der Waals surface area contributed by atoms with Crippen molar-refractivity contribution in [3.05, 3.63) is 0 Å². The molecule has 0 bridgehead atoms. The second kappa shape index (κ2) is 7.17. The topological polar surface area (TPSA) is 63.9 Å². The lowest BCUT2D eigenvalue weighted by atomic mass is 9.51. The van der Waals surface area contributed by atoms with Crippen LogP contribution in [0.4, 0.5) is 0 Å². The van der Waals surface area contributed by atoms with E-state index in [2.05, 4.69) is 25.7 Å². The Balaban J connectivity index is 1.30. The third-order valence-corrected chi connectivity index (χ3v) is 12.0. The van der Waals surface area contributed by atoms with Gasteiger partial charge < -0.3 is 15.3 Å². The molecule has 0 unspecified atom stereocenters. The van der Waals surface area contributed by atoms with Crippen molar-refractivity contribution in [2.24, 2.45) is 52.8 Å². The third-order valence-electron chi connectivity index (χ3n) is 12.0. The first-order valence-electron chi connectivity index (χ1n) is 13.5. The fraction of sp³-hybridized carbons (Fsp3) is 1.00. The maximum absolute atomic E-state index is 11.8. The van der Waals surface area contributed by atoms with Gasteiger partial charge in [-0.2, -0.15) is 0 Å². The summed E-state index contributed by atoms with van der Waals surface area (Å²) in [5, 5.41) is 33.3. The minimum absolute atomic E-state index is 0.188. The molecule has 2 heterocycles. The maximum atomic E-state index is 11.8. The van der Waals surface area contributed by atoms with Crippen molar-refractivity contribution in [3.63, 3.8) is 0 Å². The highest BCUT2D eigenvalue weighted by atomic mass is 16.3. The van der Waals surface area contributed by atoms with E-state index in [0.29, 0.717) is 35.6 Å². The maximum Gasteiger partial charge on any atom is 0.0805 e. The van der Waals surface area contributed by atoms with Crippen LogP contribution in [-0.2, 0) is 0 Å². The number of aliphatic hydroxyl groups excluding tert-OH is 2. The second-order valence-electron chi connectivity index (χ2n) is 13.4. The molecule has 0 amide bonds. The van der Waals surface area contributed by atoms with Crippen LogP contribution in [0.5, 0.6) is 0 Å². The predicted molar refractivity (Wildman–Crippen MR) is 121 cm³/mol. The first-order valence-corrected chi connectivity index (χ1v) is 13.5. The Labute approximate surface area is 188 Å². The molecule has 6 fully saturated rings. The summed E-state index contributed by atoms with van der Waals surface area (Å²) in [6.45, 7) is 9.36. The molecule has 4 heteroatoms. The van der Waals surface area contributed by atoms with E-state index in [-0.39, 0.29) is 23.5 Å². The fourth-order valence-electron chi connectivity index (χ4n) is 10.6. The zero-order chi connectivity index (χ0) is 21.7. The standard InChI is InChI=1S/C27H45NO3/c1-15-4-7-25-27(3,31)21-6-5-17-18(20(21)14-28(25)13-15)11-22-19(17)12-24(30)23-10-16(29)8-9-26(22,23)2/h15-25,29-31H,4-14H2,1-3H3/t15-,16-,17+,18+,19-,20-,21-,22-,23+,24-,25-,26+,27-/m1/s1. The predicted octanol–water partition coefficient (Wildman–Crippen LogP) is 3.68. The Morgan fingerprint density at radius 1 is 0.742 bits per heavy atom. The highest BCUT2D eigenvalue weighted by molar-refractivity contribution is 5.14. The quantitative estimate of drug-likeness (QED) is 0.547. The van der Waals surface area contributed by atoms with Gasteiger partial charge in [0.05, 0.1) is 17.8 Å². The van der Waals surface area contributed by atoms with Crippen molar-refractivity contribution in [1.29, 1.82) is 0 Å². The van der Waals surface area contributed by atoms with Crippen LogP contribution in [0.1, 0.15) is 78.6 Å². The molecule has 13 atom stereocenters. The smallest absolute Gasteiger partial charge is 0.0805 e. The molecule has 2 saturated heterocycles. The van der Waals surface area contributed by atoms with E-state index in [4.69, 9.17) is 0 Å². The van der Waals surface area contributed by atoms with E-state index >= 15 is 0 Å². The van der Waals surface area contributed by atoms with E-state index in [1.807, 2.05) is 0 Å². The zero-order valence-corrected chi connectivity index (χ0v) is 19.9. The van der Waals surface area contributed by atoms with Crippen LogP contribution in [0.3, 0.4) is 0 Å². The average molecular weight is 432 g/mol. The molecule has 3 N–H and O–H groups in total. The van der Waals surface area contributed by atoms with Crippen LogP contribution in [0.2, 0.25) is 0 Å². The number of rotatable bonds is 0. The van der Waals surface area contributed by atoms with E-state index in [1.165, 1.54) is 32.2 Å². The van der Waals surface area contributed by atoms with Gasteiger partial charge in [-0.3, -0.25) is 4.90 Å². The molecule has 31 heavy (non-hydrogen) atoms. The van der Waals surface area contributed by atoms with E-state index in [9.17, 15) is 15.3 Å². The van der Waals surface area contributed by atoms with Gasteiger partial charge in [0.25, 0.3) is 0 Å². The van der Waals surface area contributed by atoms with Crippen LogP contribution in [0.15, 0.2) is 0 Å². The van der Waals surface area contributed by atoms with Crippen molar-refractivity contribution in [1.82, 2.24) is 4.90 Å². The van der Waals surface area contributed by atoms with Gasteiger partial charge in [0.1, 0.15) is 0 Å². The van der Waals surface area contributed by atoms with Crippen LogP contribution in [0, 0.1) is 52.8 Å². The number of aliphatic hydroxyl groups is 3. The first-order chi connectivity index (χ1) is 14.7. The summed E-state index contributed by atoms with van der Waals surface area (Å²) in [4.78, 5) is 2.68. The molecule has 2 aliphatic heterocycles. The van der Waals surface area contributed by atoms with Gasteiger partial charge >= 0.3 is 0 Å².